The van der Waals surface area contributed by atoms with Crippen LogP contribution in [-0.2, 0) is 17.8 Å². The summed E-state index contributed by atoms with van der Waals surface area (Å²) in [6.07, 6.45) is 2.29. The Bertz CT molecular complexity index is 1780. The van der Waals surface area contributed by atoms with Crippen molar-refractivity contribution in [2.24, 2.45) is 0 Å². The summed E-state index contributed by atoms with van der Waals surface area (Å²) in [5.74, 6) is 0.975. The standard InChI is InChI=1S/C32H36Cl2N6O6/c1-37(2)8-5-9-39-24-16-28(36-23-7-6-20(14-25(23)40(42)43)19-38-10-12-46-13-11-38)35-18-21(24)15-22(32(39)41)29-30(33)26(44-3)17-27(45-4)31(29)34/h6-7,14-18H,5,8-13,19H2,1-4H3,(H,35,36). The lowest BCUT2D eigenvalue weighted by atomic mass is 10.0. The minimum Gasteiger partial charge on any atom is -0.495 e. The number of aromatic nitrogens is 2. The lowest BCUT2D eigenvalue weighted by Crippen LogP contribution is -2.35. The third kappa shape index (κ3) is 7.21. The highest BCUT2D eigenvalue weighted by Crippen LogP contribution is 2.45. The molecule has 0 saturated carbocycles. The molecule has 1 saturated heterocycles. The Hall–Kier alpha value is -3.94. The molecule has 0 spiro atoms. The number of morpholine rings is 1. The Morgan fingerprint density at radius 1 is 1.07 bits per heavy atom. The number of methoxy groups -OCH3 is 2. The summed E-state index contributed by atoms with van der Waals surface area (Å²) >= 11 is 13.4. The molecule has 1 N–H and O–H groups in total. The van der Waals surface area contributed by atoms with Crippen molar-refractivity contribution < 1.29 is 19.1 Å². The van der Waals surface area contributed by atoms with Crippen molar-refractivity contribution in [1.29, 1.82) is 0 Å². The number of anilines is 2. The van der Waals surface area contributed by atoms with Crippen molar-refractivity contribution >= 4 is 51.3 Å². The van der Waals surface area contributed by atoms with Crippen LogP contribution in [0, 0.1) is 10.1 Å². The summed E-state index contributed by atoms with van der Waals surface area (Å²) < 4.78 is 17.9. The van der Waals surface area contributed by atoms with Crippen LogP contribution in [0.2, 0.25) is 10.0 Å². The fourth-order valence-electron chi connectivity index (χ4n) is 5.50. The number of hydrogen-bond acceptors (Lipinski definition) is 10. The number of ether oxygens (including phenoxy) is 3. The van der Waals surface area contributed by atoms with E-state index in [0.29, 0.717) is 72.2 Å². The molecule has 2 aromatic carbocycles. The topological polar surface area (TPSA) is 124 Å². The van der Waals surface area contributed by atoms with Gasteiger partial charge in [0.25, 0.3) is 11.2 Å². The predicted molar refractivity (Wildman–Crippen MR) is 180 cm³/mol. The number of rotatable bonds is 12. The van der Waals surface area contributed by atoms with Crippen LogP contribution in [0.4, 0.5) is 17.2 Å². The quantitative estimate of drug-likeness (QED) is 0.146. The van der Waals surface area contributed by atoms with Gasteiger partial charge in [-0.2, -0.15) is 0 Å². The van der Waals surface area contributed by atoms with Crippen molar-refractivity contribution in [2.75, 3.05) is 66.5 Å². The highest BCUT2D eigenvalue weighted by Gasteiger charge is 2.24. The first-order valence-corrected chi connectivity index (χ1v) is 15.5. The molecule has 2 aromatic heterocycles. The van der Waals surface area contributed by atoms with Gasteiger partial charge in [0, 0.05) is 61.5 Å². The molecule has 3 heterocycles. The van der Waals surface area contributed by atoms with Crippen molar-refractivity contribution in [3.63, 3.8) is 0 Å². The highest BCUT2D eigenvalue weighted by atomic mass is 35.5. The Labute approximate surface area is 276 Å². The van der Waals surface area contributed by atoms with Crippen LogP contribution in [0.25, 0.3) is 22.0 Å². The molecule has 0 radical (unpaired) electrons. The second-order valence-corrected chi connectivity index (χ2v) is 12.0. The monoisotopic (exact) mass is 670 g/mol. The second kappa shape index (κ2) is 14.7. The van der Waals surface area contributed by atoms with E-state index >= 15 is 0 Å². The minimum atomic E-state index is -0.411. The van der Waals surface area contributed by atoms with Crippen molar-refractivity contribution in [1.82, 2.24) is 19.4 Å². The van der Waals surface area contributed by atoms with Gasteiger partial charge in [-0.25, -0.2) is 4.98 Å². The number of nitro groups is 1. The van der Waals surface area contributed by atoms with E-state index in [9.17, 15) is 14.9 Å². The van der Waals surface area contributed by atoms with Crippen LogP contribution in [0.3, 0.4) is 0 Å². The predicted octanol–water partition coefficient (Wildman–Crippen LogP) is 5.82. The van der Waals surface area contributed by atoms with Crippen LogP contribution in [0.15, 0.2) is 47.4 Å². The van der Waals surface area contributed by atoms with Gasteiger partial charge in [-0.15, -0.1) is 0 Å². The van der Waals surface area contributed by atoms with E-state index in [2.05, 4.69) is 15.2 Å². The largest absolute Gasteiger partial charge is 0.495 e. The summed E-state index contributed by atoms with van der Waals surface area (Å²) in [6.45, 7) is 4.56. The zero-order valence-electron chi connectivity index (χ0n) is 26.1. The van der Waals surface area contributed by atoms with Crippen molar-refractivity contribution in [3.05, 3.63) is 78.7 Å². The Balaban J connectivity index is 1.57. The van der Waals surface area contributed by atoms with Gasteiger partial charge in [0.05, 0.1) is 53.5 Å². The molecule has 1 aliphatic heterocycles. The van der Waals surface area contributed by atoms with Crippen molar-refractivity contribution in [2.45, 2.75) is 19.5 Å². The summed E-state index contributed by atoms with van der Waals surface area (Å²) in [7, 11) is 6.87. The fraction of sp³-hybridized carbons (Fsp3) is 0.375. The number of fused-ring (bicyclic) bond motifs is 1. The molecule has 46 heavy (non-hydrogen) atoms. The molecule has 0 atom stereocenters. The van der Waals surface area contributed by atoms with E-state index in [1.54, 1.807) is 41.1 Å². The number of benzene rings is 2. The van der Waals surface area contributed by atoms with Crippen LogP contribution in [-0.4, -0.2) is 85.4 Å². The Kier molecular flexibility index (Phi) is 10.6. The smallest absolute Gasteiger partial charge is 0.293 e. The number of halogens is 2. The first-order chi connectivity index (χ1) is 22.1. The van der Waals surface area contributed by atoms with Gasteiger partial charge >= 0.3 is 0 Å². The summed E-state index contributed by atoms with van der Waals surface area (Å²) in [5, 5.41) is 16.2. The van der Waals surface area contributed by atoms with Gasteiger partial charge < -0.3 is 29.0 Å². The van der Waals surface area contributed by atoms with E-state index in [1.807, 2.05) is 25.1 Å². The molecule has 5 rings (SSSR count). The average molecular weight is 672 g/mol. The number of pyridine rings is 2. The molecular weight excluding hydrogens is 635 g/mol. The zero-order chi connectivity index (χ0) is 33.0. The highest BCUT2D eigenvalue weighted by molar-refractivity contribution is 6.41. The maximum absolute atomic E-state index is 14.2. The maximum Gasteiger partial charge on any atom is 0.293 e. The second-order valence-electron chi connectivity index (χ2n) is 11.2. The Morgan fingerprint density at radius 2 is 1.76 bits per heavy atom. The number of hydrogen-bond donors (Lipinski definition) is 1. The molecule has 244 valence electrons. The summed E-state index contributed by atoms with van der Waals surface area (Å²) in [5.41, 5.74) is 1.89. The Morgan fingerprint density at radius 3 is 2.39 bits per heavy atom. The van der Waals surface area contributed by atoms with E-state index < -0.39 is 4.92 Å². The van der Waals surface area contributed by atoms with E-state index in [-0.39, 0.29) is 26.9 Å². The van der Waals surface area contributed by atoms with Gasteiger partial charge in [-0.05, 0) is 44.8 Å². The molecular formula is C32H36Cl2N6O6. The lowest BCUT2D eigenvalue weighted by molar-refractivity contribution is -0.384. The molecule has 12 nitrogen and oxygen atoms in total. The van der Waals surface area contributed by atoms with E-state index in [0.717, 1.165) is 25.2 Å². The average Bonchev–Trinajstić information content (AvgIpc) is 3.04. The first-order valence-electron chi connectivity index (χ1n) is 14.7. The van der Waals surface area contributed by atoms with Gasteiger partial charge in [-0.1, -0.05) is 29.3 Å². The van der Waals surface area contributed by atoms with Gasteiger partial charge in [0.2, 0.25) is 0 Å². The number of nitrogens with zero attached hydrogens (tertiary/aromatic N) is 5. The third-order valence-corrected chi connectivity index (χ3v) is 8.59. The third-order valence-electron chi connectivity index (χ3n) is 7.84. The van der Waals surface area contributed by atoms with E-state index in [1.165, 1.54) is 14.2 Å². The number of nitro benzene ring substituents is 1. The van der Waals surface area contributed by atoms with Crippen molar-refractivity contribution in [3.8, 4) is 22.6 Å². The summed E-state index contributed by atoms with van der Waals surface area (Å²) in [6, 6.07) is 10.1. The van der Waals surface area contributed by atoms with Crippen LogP contribution in [0.1, 0.15) is 12.0 Å². The molecule has 14 heteroatoms. The first kappa shape index (κ1) is 33.4. The fourth-order valence-corrected chi connectivity index (χ4v) is 6.20. The van der Waals surface area contributed by atoms with Crippen LogP contribution in [0.5, 0.6) is 11.5 Å². The number of aryl methyl sites for hydroxylation is 1. The molecule has 1 fully saturated rings. The number of nitrogens with one attached hydrogen (secondary N) is 1. The minimum absolute atomic E-state index is 0.0670. The zero-order valence-corrected chi connectivity index (χ0v) is 27.7. The normalized spacial score (nSPS) is 13.7. The molecule has 0 amide bonds. The van der Waals surface area contributed by atoms with Gasteiger partial charge in [-0.3, -0.25) is 19.8 Å². The molecule has 0 aliphatic carbocycles. The lowest BCUT2D eigenvalue weighted by Gasteiger charge is -2.26. The van der Waals surface area contributed by atoms with Gasteiger partial charge in [0.1, 0.15) is 23.0 Å². The van der Waals surface area contributed by atoms with Crippen LogP contribution >= 0.6 is 23.2 Å². The SMILES string of the molecule is COc1cc(OC)c(Cl)c(-c2cc3cnc(Nc4ccc(CN5CCOCC5)cc4[N+](=O)[O-])cc3n(CCCN(C)C)c2=O)c1Cl. The van der Waals surface area contributed by atoms with Crippen LogP contribution < -0.4 is 20.3 Å². The summed E-state index contributed by atoms with van der Waals surface area (Å²) in [4.78, 5) is 34.6. The van der Waals surface area contributed by atoms with Gasteiger partial charge in [0.15, 0.2) is 0 Å². The molecule has 1 aliphatic rings. The molecule has 4 aromatic rings. The molecule has 0 bridgehead atoms. The molecule has 0 unspecified atom stereocenters. The maximum atomic E-state index is 14.2. The van der Waals surface area contributed by atoms with E-state index in [4.69, 9.17) is 37.4 Å².